The highest BCUT2D eigenvalue weighted by Gasteiger charge is 2.52. The molecule has 2 N–H and O–H groups in total. The molecule has 2 aromatic carbocycles. The van der Waals surface area contributed by atoms with Crippen LogP contribution < -0.4 is 10.1 Å². The molecular weight excluding hydrogens is 390 g/mol. The number of carbonyl (C=O) groups is 2. The van der Waals surface area contributed by atoms with Gasteiger partial charge in [-0.3, -0.25) is 4.79 Å². The SMILES string of the molecule is COc1ccc(C(=O)NCc2ccc(C(=O)O)cc2)cc1C12CC3CC(CC(C3)C1)C2. The average molecular weight is 420 g/mol. The summed E-state index contributed by atoms with van der Waals surface area (Å²) in [4.78, 5) is 23.9. The van der Waals surface area contributed by atoms with Gasteiger partial charge in [0.1, 0.15) is 5.75 Å². The first-order valence-corrected chi connectivity index (χ1v) is 11.2. The van der Waals surface area contributed by atoms with Gasteiger partial charge >= 0.3 is 5.97 Å². The third kappa shape index (κ3) is 3.71. The second-order valence-electron chi connectivity index (χ2n) is 9.80. The van der Waals surface area contributed by atoms with Crippen molar-refractivity contribution in [3.63, 3.8) is 0 Å². The van der Waals surface area contributed by atoms with E-state index in [1.54, 1.807) is 31.4 Å². The third-order valence-electron chi connectivity index (χ3n) is 7.73. The lowest BCUT2D eigenvalue weighted by atomic mass is 9.48. The lowest BCUT2D eigenvalue weighted by Crippen LogP contribution is -2.48. The molecule has 4 saturated carbocycles. The van der Waals surface area contributed by atoms with Crippen LogP contribution in [0.3, 0.4) is 0 Å². The van der Waals surface area contributed by atoms with Gasteiger partial charge in [-0.1, -0.05) is 12.1 Å². The fourth-order valence-electron chi connectivity index (χ4n) is 6.75. The lowest BCUT2D eigenvalue weighted by Gasteiger charge is -2.57. The van der Waals surface area contributed by atoms with Gasteiger partial charge in [-0.05, 0) is 97.6 Å². The number of carbonyl (C=O) groups excluding carboxylic acids is 1. The summed E-state index contributed by atoms with van der Waals surface area (Å²) in [5.41, 5.74) is 3.14. The van der Waals surface area contributed by atoms with Crippen LogP contribution >= 0.6 is 0 Å². The highest BCUT2D eigenvalue weighted by Crippen LogP contribution is 2.61. The molecule has 0 aromatic heterocycles. The number of rotatable bonds is 6. The minimum Gasteiger partial charge on any atom is -0.496 e. The summed E-state index contributed by atoms with van der Waals surface area (Å²) in [5.74, 6) is 2.30. The molecule has 4 aliphatic carbocycles. The number of aromatic carboxylic acids is 1. The number of carboxylic acids is 1. The number of benzene rings is 2. The van der Waals surface area contributed by atoms with Crippen molar-refractivity contribution < 1.29 is 19.4 Å². The quantitative estimate of drug-likeness (QED) is 0.706. The van der Waals surface area contributed by atoms with Gasteiger partial charge in [-0.2, -0.15) is 0 Å². The van der Waals surface area contributed by atoms with Crippen LogP contribution in [0.15, 0.2) is 42.5 Å². The summed E-state index contributed by atoms with van der Waals surface area (Å²) >= 11 is 0. The number of nitrogens with one attached hydrogen (secondary N) is 1. The topological polar surface area (TPSA) is 75.6 Å². The molecule has 2 aromatic rings. The van der Waals surface area contributed by atoms with Crippen LogP contribution in [0.4, 0.5) is 0 Å². The highest BCUT2D eigenvalue weighted by atomic mass is 16.5. The highest BCUT2D eigenvalue weighted by molar-refractivity contribution is 5.94. The van der Waals surface area contributed by atoms with Gasteiger partial charge in [0.05, 0.1) is 12.7 Å². The first kappa shape index (κ1) is 20.1. The zero-order valence-corrected chi connectivity index (χ0v) is 17.9. The van der Waals surface area contributed by atoms with Crippen molar-refractivity contribution in [3.8, 4) is 5.75 Å². The Labute approximate surface area is 182 Å². The van der Waals surface area contributed by atoms with Crippen LogP contribution in [0.5, 0.6) is 5.75 Å². The molecule has 0 unspecified atom stereocenters. The van der Waals surface area contributed by atoms with Crippen LogP contribution in [0, 0.1) is 17.8 Å². The summed E-state index contributed by atoms with van der Waals surface area (Å²) in [6, 6.07) is 12.4. The summed E-state index contributed by atoms with van der Waals surface area (Å²) in [7, 11) is 1.72. The largest absolute Gasteiger partial charge is 0.496 e. The minimum atomic E-state index is -0.953. The second kappa shape index (κ2) is 7.70. The van der Waals surface area contributed by atoms with Gasteiger partial charge in [-0.15, -0.1) is 0 Å². The van der Waals surface area contributed by atoms with Crippen molar-refractivity contribution >= 4 is 11.9 Å². The zero-order chi connectivity index (χ0) is 21.6. The van der Waals surface area contributed by atoms with Crippen LogP contribution in [0.1, 0.15) is 70.4 Å². The number of amides is 1. The van der Waals surface area contributed by atoms with Crippen LogP contribution in [0.25, 0.3) is 0 Å². The predicted octanol–water partition coefficient (Wildman–Crippen LogP) is 4.79. The van der Waals surface area contributed by atoms with Crippen molar-refractivity contribution in [3.05, 3.63) is 64.7 Å². The van der Waals surface area contributed by atoms with Crippen LogP contribution in [0.2, 0.25) is 0 Å². The van der Waals surface area contributed by atoms with E-state index >= 15 is 0 Å². The fraction of sp³-hybridized carbons (Fsp3) is 0.462. The lowest BCUT2D eigenvalue weighted by molar-refractivity contribution is -0.00617. The van der Waals surface area contributed by atoms with Crippen LogP contribution in [-0.4, -0.2) is 24.1 Å². The molecule has 162 valence electrons. The van der Waals surface area contributed by atoms with Crippen molar-refractivity contribution in [2.24, 2.45) is 17.8 Å². The van der Waals surface area contributed by atoms with Gasteiger partial charge in [0, 0.05) is 17.7 Å². The Hall–Kier alpha value is -2.82. The molecule has 4 fully saturated rings. The molecule has 31 heavy (non-hydrogen) atoms. The molecular formula is C26H29NO4. The monoisotopic (exact) mass is 419 g/mol. The molecule has 4 aliphatic rings. The number of hydrogen-bond acceptors (Lipinski definition) is 3. The van der Waals surface area contributed by atoms with E-state index in [9.17, 15) is 9.59 Å². The molecule has 0 spiro atoms. The maximum Gasteiger partial charge on any atom is 0.335 e. The van der Waals surface area contributed by atoms with E-state index in [1.165, 1.54) is 44.1 Å². The van der Waals surface area contributed by atoms with E-state index in [-0.39, 0.29) is 16.9 Å². The Balaban J connectivity index is 1.36. The van der Waals surface area contributed by atoms with E-state index in [0.717, 1.165) is 29.1 Å². The molecule has 5 nitrogen and oxygen atoms in total. The van der Waals surface area contributed by atoms with Crippen molar-refractivity contribution in [2.75, 3.05) is 7.11 Å². The standard InChI is InChI=1S/C26H29NO4/c1-31-23-7-6-21(24(28)27-15-16-2-4-20(5-3-16)25(29)30)11-22(23)26-12-17-8-18(13-26)10-19(9-17)14-26/h2-7,11,17-19H,8-10,12-15H2,1H3,(H,27,28)(H,29,30). The Kier molecular flexibility index (Phi) is 4.99. The van der Waals surface area contributed by atoms with Gasteiger partial charge in [0.15, 0.2) is 0 Å². The van der Waals surface area contributed by atoms with Gasteiger partial charge in [0.25, 0.3) is 5.91 Å². The number of methoxy groups -OCH3 is 1. The smallest absolute Gasteiger partial charge is 0.335 e. The predicted molar refractivity (Wildman–Crippen MR) is 117 cm³/mol. The van der Waals surface area contributed by atoms with Gasteiger partial charge in [-0.25, -0.2) is 4.79 Å². The maximum atomic E-state index is 12.9. The first-order chi connectivity index (χ1) is 15.0. The summed E-state index contributed by atoms with van der Waals surface area (Å²) in [6.07, 6.45) is 7.79. The number of carboxylic acid groups (broad SMARTS) is 1. The number of ether oxygens (including phenoxy) is 1. The minimum absolute atomic E-state index is 0.115. The Morgan fingerprint density at radius 3 is 2.10 bits per heavy atom. The molecule has 6 rings (SSSR count). The van der Waals surface area contributed by atoms with E-state index < -0.39 is 5.97 Å². The summed E-state index contributed by atoms with van der Waals surface area (Å²) in [6.45, 7) is 0.359. The van der Waals surface area contributed by atoms with Crippen LogP contribution in [-0.2, 0) is 12.0 Å². The molecule has 5 heteroatoms. The van der Waals surface area contributed by atoms with E-state index in [2.05, 4.69) is 11.4 Å². The number of hydrogen-bond donors (Lipinski definition) is 2. The molecule has 0 heterocycles. The van der Waals surface area contributed by atoms with Crippen molar-refractivity contribution in [1.29, 1.82) is 0 Å². The van der Waals surface area contributed by atoms with E-state index in [4.69, 9.17) is 9.84 Å². The van der Waals surface area contributed by atoms with Crippen molar-refractivity contribution in [2.45, 2.75) is 50.5 Å². The summed E-state index contributed by atoms with van der Waals surface area (Å²) < 4.78 is 5.75. The third-order valence-corrected chi connectivity index (χ3v) is 7.73. The molecule has 0 atom stereocenters. The first-order valence-electron chi connectivity index (χ1n) is 11.2. The molecule has 0 saturated heterocycles. The molecule has 0 radical (unpaired) electrons. The molecule has 4 bridgehead atoms. The Morgan fingerprint density at radius 1 is 0.968 bits per heavy atom. The second-order valence-corrected chi connectivity index (χ2v) is 9.80. The zero-order valence-electron chi connectivity index (χ0n) is 17.9. The Morgan fingerprint density at radius 2 is 1.55 bits per heavy atom. The normalized spacial score (nSPS) is 28.4. The fourth-order valence-corrected chi connectivity index (χ4v) is 6.75. The van der Waals surface area contributed by atoms with Gasteiger partial charge in [0.2, 0.25) is 0 Å². The summed E-state index contributed by atoms with van der Waals surface area (Å²) in [5, 5.41) is 12.0. The molecule has 1 amide bonds. The Bertz CT molecular complexity index is 975. The van der Waals surface area contributed by atoms with E-state index in [0.29, 0.717) is 12.1 Å². The maximum absolute atomic E-state index is 12.9. The van der Waals surface area contributed by atoms with Gasteiger partial charge < -0.3 is 15.2 Å². The average Bonchev–Trinajstić information content (AvgIpc) is 2.76. The molecule has 0 aliphatic heterocycles. The van der Waals surface area contributed by atoms with Crippen molar-refractivity contribution in [1.82, 2.24) is 5.32 Å². The van der Waals surface area contributed by atoms with E-state index in [1.807, 2.05) is 12.1 Å².